The van der Waals surface area contributed by atoms with Gasteiger partial charge in [0.2, 0.25) is 0 Å². The number of hydrogen-bond donors (Lipinski definition) is 2. The molecule has 3 aromatic carbocycles. The zero-order valence-electron chi connectivity index (χ0n) is 21.1. The van der Waals surface area contributed by atoms with Gasteiger partial charge >= 0.3 is 5.97 Å². The van der Waals surface area contributed by atoms with Crippen LogP contribution in [0.3, 0.4) is 0 Å². The molecule has 190 valence electrons. The van der Waals surface area contributed by atoms with Gasteiger partial charge in [0, 0.05) is 6.54 Å². The highest BCUT2D eigenvalue weighted by atomic mass is 16.5. The highest BCUT2D eigenvalue weighted by Crippen LogP contribution is 2.26. The summed E-state index contributed by atoms with van der Waals surface area (Å²) in [6, 6.07) is 22.4. The molecule has 2 N–H and O–H groups in total. The second kappa shape index (κ2) is 13.3. The van der Waals surface area contributed by atoms with Gasteiger partial charge in [-0.3, -0.25) is 5.32 Å². The third-order valence-electron chi connectivity index (χ3n) is 5.42. The first kappa shape index (κ1) is 26.8. The Morgan fingerprint density at radius 1 is 0.972 bits per heavy atom. The van der Waals surface area contributed by atoms with Crippen LogP contribution in [0.1, 0.15) is 23.6 Å². The van der Waals surface area contributed by atoms with Crippen LogP contribution in [0.25, 0.3) is 11.6 Å². The topological polar surface area (TPSA) is 86.3 Å². The van der Waals surface area contributed by atoms with E-state index in [1.165, 1.54) is 7.11 Å². The molecule has 0 bridgehead atoms. The molecule has 0 fully saturated rings. The quantitative estimate of drug-likeness (QED) is 0.167. The maximum Gasteiger partial charge on any atom is 0.338 e. The molecule has 0 aliphatic heterocycles. The number of para-hydroxylation sites is 2. The summed E-state index contributed by atoms with van der Waals surface area (Å²) < 4.78 is 21.8. The van der Waals surface area contributed by atoms with Gasteiger partial charge in [0.05, 0.1) is 19.8 Å². The number of aliphatic hydroxyl groups is 1. The summed E-state index contributed by atoms with van der Waals surface area (Å²) >= 11 is 0. The molecule has 2 atom stereocenters. The van der Waals surface area contributed by atoms with Crippen LogP contribution >= 0.6 is 0 Å². The SMILES string of the molecule is COC(=O)C(=Cc1ccc(OCC(O)CNC(C)Oc2ccccc2OC)cc1)c1ccc(C)cc1. The number of aliphatic hydroxyl groups excluding tert-OH is 1. The summed E-state index contributed by atoms with van der Waals surface area (Å²) in [5.41, 5.74) is 3.19. The summed E-state index contributed by atoms with van der Waals surface area (Å²) in [6.45, 7) is 4.25. The van der Waals surface area contributed by atoms with Crippen molar-refractivity contribution in [2.24, 2.45) is 0 Å². The number of aryl methyl sites for hydroxylation is 1. The summed E-state index contributed by atoms with van der Waals surface area (Å²) in [4.78, 5) is 12.3. The van der Waals surface area contributed by atoms with Crippen LogP contribution in [0.2, 0.25) is 0 Å². The summed E-state index contributed by atoms with van der Waals surface area (Å²) in [6.07, 6.45) is 0.711. The van der Waals surface area contributed by atoms with Crippen molar-refractivity contribution in [1.82, 2.24) is 5.32 Å². The molecule has 0 saturated heterocycles. The predicted molar refractivity (Wildman–Crippen MR) is 140 cm³/mol. The summed E-state index contributed by atoms with van der Waals surface area (Å²) in [7, 11) is 2.96. The largest absolute Gasteiger partial charge is 0.493 e. The van der Waals surface area contributed by atoms with Crippen LogP contribution in [0.5, 0.6) is 17.2 Å². The van der Waals surface area contributed by atoms with Crippen LogP contribution in [-0.2, 0) is 9.53 Å². The van der Waals surface area contributed by atoms with Gasteiger partial charge in [-0.25, -0.2) is 4.79 Å². The average Bonchev–Trinajstić information content (AvgIpc) is 2.90. The molecular formula is C29H33NO6. The van der Waals surface area contributed by atoms with E-state index in [9.17, 15) is 9.90 Å². The van der Waals surface area contributed by atoms with Gasteiger partial charge in [-0.1, -0.05) is 54.1 Å². The second-order valence-electron chi connectivity index (χ2n) is 8.27. The van der Waals surface area contributed by atoms with Crippen LogP contribution in [0, 0.1) is 6.92 Å². The van der Waals surface area contributed by atoms with Gasteiger partial charge in [-0.05, 0) is 55.3 Å². The van der Waals surface area contributed by atoms with Crippen LogP contribution in [0.4, 0.5) is 0 Å². The van der Waals surface area contributed by atoms with Crippen molar-refractivity contribution in [3.8, 4) is 17.2 Å². The molecule has 0 spiro atoms. The zero-order valence-corrected chi connectivity index (χ0v) is 21.1. The minimum absolute atomic E-state index is 0.111. The van der Waals surface area contributed by atoms with Crippen LogP contribution < -0.4 is 19.5 Å². The van der Waals surface area contributed by atoms with E-state index in [1.54, 1.807) is 25.3 Å². The third-order valence-corrected chi connectivity index (χ3v) is 5.42. The van der Waals surface area contributed by atoms with Crippen molar-refractivity contribution >= 4 is 17.6 Å². The lowest BCUT2D eigenvalue weighted by molar-refractivity contribution is -0.133. The average molecular weight is 492 g/mol. The summed E-state index contributed by atoms with van der Waals surface area (Å²) in [5, 5.41) is 13.4. The standard InChI is InChI=1S/C29H33NO6/c1-20-9-13-23(14-10-20)26(29(32)34-4)17-22-11-15-25(16-12-22)35-19-24(31)18-30-21(2)36-28-8-6-5-7-27(28)33-3/h5-17,21,24,30-31H,18-19H2,1-4H3. The molecule has 0 aliphatic rings. The number of nitrogens with one attached hydrogen (secondary N) is 1. The number of esters is 1. The predicted octanol–water partition coefficient (Wildman–Crippen LogP) is 4.47. The Kier molecular flexibility index (Phi) is 9.92. The minimum Gasteiger partial charge on any atom is -0.493 e. The lowest BCUT2D eigenvalue weighted by Gasteiger charge is -2.20. The van der Waals surface area contributed by atoms with Crippen molar-refractivity contribution < 1.29 is 28.8 Å². The van der Waals surface area contributed by atoms with Gasteiger partial charge < -0.3 is 24.1 Å². The lowest BCUT2D eigenvalue weighted by atomic mass is 10.0. The maximum atomic E-state index is 12.3. The fourth-order valence-corrected chi connectivity index (χ4v) is 3.43. The van der Waals surface area contributed by atoms with Gasteiger partial charge in [0.25, 0.3) is 0 Å². The molecule has 0 aliphatic carbocycles. The third kappa shape index (κ3) is 7.86. The Hall–Kier alpha value is -3.81. The Labute approximate surface area is 212 Å². The Morgan fingerprint density at radius 2 is 1.64 bits per heavy atom. The molecule has 36 heavy (non-hydrogen) atoms. The molecule has 2 unspecified atom stereocenters. The molecule has 0 heterocycles. The van der Waals surface area contributed by atoms with Crippen LogP contribution in [-0.4, -0.2) is 50.8 Å². The number of rotatable bonds is 12. The Balaban J connectivity index is 1.52. The van der Waals surface area contributed by atoms with Crippen molar-refractivity contribution in [1.29, 1.82) is 0 Å². The number of benzene rings is 3. The van der Waals surface area contributed by atoms with Gasteiger partial charge in [-0.15, -0.1) is 0 Å². The van der Waals surface area contributed by atoms with E-state index in [0.717, 1.165) is 16.7 Å². The van der Waals surface area contributed by atoms with Crippen molar-refractivity contribution in [3.63, 3.8) is 0 Å². The van der Waals surface area contributed by atoms with E-state index in [2.05, 4.69) is 5.32 Å². The number of methoxy groups -OCH3 is 2. The molecule has 3 rings (SSSR count). The lowest BCUT2D eigenvalue weighted by Crippen LogP contribution is -2.39. The fourth-order valence-electron chi connectivity index (χ4n) is 3.43. The molecule has 3 aromatic rings. The van der Waals surface area contributed by atoms with Crippen molar-refractivity contribution in [2.45, 2.75) is 26.2 Å². The van der Waals surface area contributed by atoms with E-state index in [0.29, 0.717) is 22.8 Å². The van der Waals surface area contributed by atoms with Crippen molar-refractivity contribution in [2.75, 3.05) is 27.4 Å². The molecule has 0 radical (unpaired) electrons. The molecular weight excluding hydrogens is 458 g/mol. The molecule has 0 aromatic heterocycles. The molecule has 0 amide bonds. The Morgan fingerprint density at radius 3 is 2.28 bits per heavy atom. The van der Waals surface area contributed by atoms with Gasteiger partial charge in [-0.2, -0.15) is 0 Å². The second-order valence-corrected chi connectivity index (χ2v) is 8.27. The first-order valence-electron chi connectivity index (χ1n) is 11.7. The zero-order chi connectivity index (χ0) is 25.9. The van der Waals surface area contributed by atoms with E-state index >= 15 is 0 Å². The monoisotopic (exact) mass is 491 g/mol. The number of hydrogen-bond acceptors (Lipinski definition) is 7. The number of carbonyl (C=O) groups is 1. The smallest absolute Gasteiger partial charge is 0.338 e. The molecule has 7 nitrogen and oxygen atoms in total. The van der Waals surface area contributed by atoms with Crippen LogP contribution in [0.15, 0.2) is 72.8 Å². The van der Waals surface area contributed by atoms with E-state index in [-0.39, 0.29) is 19.4 Å². The molecule has 0 saturated carbocycles. The first-order valence-corrected chi connectivity index (χ1v) is 11.7. The van der Waals surface area contributed by atoms with Gasteiger partial charge in [0.15, 0.2) is 11.5 Å². The van der Waals surface area contributed by atoms with E-state index in [4.69, 9.17) is 18.9 Å². The van der Waals surface area contributed by atoms with Crippen molar-refractivity contribution in [3.05, 3.63) is 89.5 Å². The fraction of sp³-hybridized carbons (Fsp3) is 0.276. The first-order chi connectivity index (χ1) is 17.4. The Bertz CT molecular complexity index is 1140. The number of ether oxygens (including phenoxy) is 4. The van der Waals surface area contributed by atoms with E-state index < -0.39 is 12.1 Å². The van der Waals surface area contributed by atoms with Gasteiger partial charge in [0.1, 0.15) is 24.7 Å². The minimum atomic E-state index is -0.735. The number of carbonyl (C=O) groups excluding carboxylic acids is 1. The molecule has 7 heteroatoms. The normalized spacial score (nSPS) is 13.0. The maximum absolute atomic E-state index is 12.3. The highest BCUT2D eigenvalue weighted by molar-refractivity contribution is 6.21. The van der Waals surface area contributed by atoms with E-state index in [1.807, 2.05) is 74.5 Å². The highest BCUT2D eigenvalue weighted by Gasteiger charge is 2.13. The summed E-state index contributed by atoms with van der Waals surface area (Å²) in [5.74, 6) is 1.47.